The van der Waals surface area contributed by atoms with E-state index in [1.54, 1.807) is 17.4 Å². The second-order valence-electron chi connectivity index (χ2n) is 8.15. The van der Waals surface area contributed by atoms with E-state index < -0.39 is 12.0 Å². The van der Waals surface area contributed by atoms with Crippen LogP contribution in [0, 0.1) is 5.92 Å². The first-order valence-electron chi connectivity index (χ1n) is 10.4. The number of carbonyl (C=O) groups is 1. The van der Waals surface area contributed by atoms with Crippen molar-refractivity contribution in [3.63, 3.8) is 0 Å². The fraction of sp³-hybridized carbons (Fsp3) is 0.333. The predicted octanol–water partition coefficient (Wildman–Crippen LogP) is 6.43. The van der Waals surface area contributed by atoms with Gasteiger partial charge in [-0.3, -0.25) is 9.69 Å². The van der Waals surface area contributed by atoms with Crippen LogP contribution in [-0.2, 0) is 17.8 Å². The zero-order chi connectivity index (χ0) is 23.3. The van der Waals surface area contributed by atoms with Crippen LogP contribution in [0.4, 0.5) is 5.13 Å². The number of thiazole rings is 1. The summed E-state index contributed by atoms with van der Waals surface area (Å²) in [5, 5.41) is 14.7. The number of anilines is 1. The summed E-state index contributed by atoms with van der Waals surface area (Å²) in [5.74, 6) is -0.423. The second kappa shape index (κ2) is 12.6. The second-order valence-corrected chi connectivity index (χ2v) is 10.1. The minimum atomic E-state index is -0.875. The highest BCUT2D eigenvalue weighted by Crippen LogP contribution is 2.35. The summed E-state index contributed by atoms with van der Waals surface area (Å²) in [6.45, 7) is 5.10. The van der Waals surface area contributed by atoms with Gasteiger partial charge in [-0.15, -0.1) is 11.3 Å². The van der Waals surface area contributed by atoms with Crippen molar-refractivity contribution in [2.24, 2.45) is 5.92 Å². The molecule has 33 heavy (non-hydrogen) atoms. The average Bonchev–Trinajstić information content (AvgIpc) is 3.12. The van der Waals surface area contributed by atoms with Crippen molar-refractivity contribution in [3.05, 3.63) is 69.0 Å². The summed E-state index contributed by atoms with van der Waals surface area (Å²) >= 11 is 13.9. The van der Waals surface area contributed by atoms with E-state index in [1.165, 1.54) is 0 Å². The molecule has 0 aliphatic rings. The summed E-state index contributed by atoms with van der Waals surface area (Å²) < 4.78 is 0. The van der Waals surface area contributed by atoms with Gasteiger partial charge in [-0.05, 0) is 37.1 Å². The van der Waals surface area contributed by atoms with E-state index in [0.717, 1.165) is 28.1 Å². The van der Waals surface area contributed by atoms with Crippen molar-refractivity contribution >= 4 is 59.1 Å². The van der Waals surface area contributed by atoms with Gasteiger partial charge < -0.3 is 10.4 Å². The molecule has 3 aromatic rings. The molecule has 5 nitrogen and oxygen atoms in total. The lowest BCUT2D eigenvalue weighted by atomic mass is 10.0. The van der Waals surface area contributed by atoms with Crippen LogP contribution in [0.5, 0.6) is 0 Å². The van der Waals surface area contributed by atoms with Gasteiger partial charge in [0.25, 0.3) is 0 Å². The molecule has 0 saturated carbocycles. The zero-order valence-corrected chi connectivity index (χ0v) is 22.1. The Morgan fingerprint density at radius 3 is 2.45 bits per heavy atom. The van der Waals surface area contributed by atoms with Gasteiger partial charge in [-0.25, -0.2) is 4.98 Å². The number of rotatable bonds is 10. The van der Waals surface area contributed by atoms with Gasteiger partial charge in [0, 0.05) is 23.5 Å². The van der Waals surface area contributed by atoms with Crippen LogP contribution in [-0.4, -0.2) is 40.6 Å². The van der Waals surface area contributed by atoms with Gasteiger partial charge in [-0.1, -0.05) is 73.4 Å². The number of nitrogens with one attached hydrogen (secondary N) is 1. The number of nitrogens with zero attached hydrogens (tertiary/aromatic N) is 2. The SMILES string of the molecule is CC(C)Cc1sc(NCC(C(=O)O)N(C)Cc2ccccc2)nc1-c1ccc(Cl)c(Cl)c1.S. The van der Waals surface area contributed by atoms with E-state index in [1.807, 2.05) is 54.4 Å². The van der Waals surface area contributed by atoms with Crippen LogP contribution >= 0.6 is 48.0 Å². The molecule has 0 bridgehead atoms. The first-order chi connectivity index (χ1) is 15.2. The number of benzene rings is 2. The molecule has 0 fully saturated rings. The summed E-state index contributed by atoms with van der Waals surface area (Å²) in [6, 6.07) is 14.6. The third kappa shape index (κ3) is 7.62. The number of halogens is 2. The molecule has 0 aliphatic carbocycles. The lowest BCUT2D eigenvalue weighted by Gasteiger charge is -2.24. The van der Waals surface area contributed by atoms with Crippen LogP contribution in [0.15, 0.2) is 48.5 Å². The molecule has 3 rings (SSSR count). The Morgan fingerprint density at radius 1 is 1.15 bits per heavy atom. The highest BCUT2D eigenvalue weighted by atomic mass is 35.5. The summed E-state index contributed by atoms with van der Waals surface area (Å²) in [4.78, 5) is 19.7. The number of hydrogen-bond donors (Lipinski definition) is 2. The summed E-state index contributed by atoms with van der Waals surface area (Å²) in [7, 11) is 1.82. The lowest BCUT2D eigenvalue weighted by Crippen LogP contribution is -2.43. The van der Waals surface area contributed by atoms with Crippen molar-refractivity contribution < 1.29 is 9.90 Å². The molecule has 9 heteroatoms. The molecule has 0 amide bonds. The van der Waals surface area contributed by atoms with E-state index in [2.05, 4.69) is 19.2 Å². The molecule has 178 valence electrons. The number of aliphatic carboxylic acids is 1. The fourth-order valence-corrected chi connectivity index (χ4v) is 4.90. The fourth-order valence-electron chi connectivity index (χ4n) is 3.40. The topological polar surface area (TPSA) is 65.5 Å². The van der Waals surface area contributed by atoms with Gasteiger partial charge >= 0.3 is 5.97 Å². The third-order valence-electron chi connectivity index (χ3n) is 5.02. The third-order valence-corrected chi connectivity index (χ3v) is 6.80. The number of carboxylic acids is 1. The molecule has 2 aromatic carbocycles. The largest absolute Gasteiger partial charge is 0.480 e. The molecule has 1 atom stereocenters. The molecule has 1 unspecified atom stereocenters. The molecule has 1 aromatic heterocycles. The Hall–Kier alpha value is -1.77. The van der Waals surface area contributed by atoms with Gasteiger partial charge in [-0.2, -0.15) is 13.5 Å². The molecule has 0 radical (unpaired) electrons. The molecule has 0 spiro atoms. The molecular weight excluding hydrogens is 497 g/mol. The van der Waals surface area contributed by atoms with Crippen LogP contribution in [0.2, 0.25) is 10.0 Å². The van der Waals surface area contributed by atoms with Gasteiger partial charge in [0.1, 0.15) is 6.04 Å². The van der Waals surface area contributed by atoms with Gasteiger partial charge in [0.05, 0.1) is 15.7 Å². The van der Waals surface area contributed by atoms with E-state index in [9.17, 15) is 9.90 Å². The molecular formula is C24H29Cl2N3O2S2. The maximum atomic E-state index is 11.9. The summed E-state index contributed by atoms with van der Waals surface area (Å²) in [5.41, 5.74) is 2.82. The van der Waals surface area contributed by atoms with E-state index in [0.29, 0.717) is 27.6 Å². The maximum Gasteiger partial charge on any atom is 0.322 e. The highest BCUT2D eigenvalue weighted by Gasteiger charge is 2.24. The Morgan fingerprint density at radius 2 is 1.85 bits per heavy atom. The minimum Gasteiger partial charge on any atom is -0.480 e. The number of carboxylic acid groups (broad SMARTS) is 1. The van der Waals surface area contributed by atoms with E-state index in [-0.39, 0.29) is 20.0 Å². The van der Waals surface area contributed by atoms with Gasteiger partial charge in [0.15, 0.2) is 5.13 Å². The normalized spacial score (nSPS) is 12.0. The first kappa shape index (κ1) is 27.5. The van der Waals surface area contributed by atoms with Crippen molar-refractivity contribution in [1.29, 1.82) is 0 Å². The van der Waals surface area contributed by atoms with Crippen LogP contribution < -0.4 is 5.32 Å². The average molecular weight is 527 g/mol. The molecule has 2 N–H and O–H groups in total. The standard InChI is InChI=1S/C24H27Cl2N3O2S.H2S/c1-15(2)11-21-22(17-9-10-18(25)19(26)12-17)28-24(32-21)27-13-20(23(30)31)29(3)14-16-7-5-4-6-8-16;/h4-10,12,15,20H,11,13-14H2,1-3H3,(H,27,28)(H,30,31);1H2. The zero-order valence-electron chi connectivity index (χ0n) is 18.8. The molecule has 0 aliphatic heterocycles. The van der Waals surface area contributed by atoms with Crippen LogP contribution in [0.1, 0.15) is 24.3 Å². The Balaban J connectivity index is 0.00000385. The Labute approximate surface area is 216 Å². The lowest BCUT2D eigenvalue weighted by molar-refractivity contribution is -0.142. The number of hydrogen-bond acceptors (Lipinski definition) is 5. The van der Waals surface area contributed by atoms with Crippen molar-refractivity contribution in [2.45, 2.75) is 32.9 Å². The van der Waals surface area contributed by atoms with E-state index >= 15 is 0 Å². The quantitative estimate of drug-likeness (QED) is 0.319. The molecule has 1 heterocycles. The Kier molecular flexibility index (Phi) is 10.5. The van der Waals surface area contributed by atoms with Crippen molar-refractivity contribution in [3.8, 4) is 11.3 Å². The van der Waals surface area contributed by atoms with Crippen LogP contribution in [0.25, 0.3) is 11.3 Å². The van der Waals surface area contributed by atoms with Crippen molar-refractivity contribution in [2.75, 3.05) is 18.9 Å². The monoisotopic (exact) mass is 525 g/mol. The first-order valence-corrected chi connectivity index (χ1v) is 12.0. The highest BCUT2D eigenvalue weighted by molar-refractivity contribution is 7.59. The van der Waals surface area contributed by atoms with E-state index in [4.69, 9.17) is 28.2 Å². The summed E-state index contributed by atoms with van der Waals surface area (Å²) in [6.07, 6.45) is 0.866. The number of aromatic nitrogens is 1. The minimum absolute atomic E-state index is 0. The van der Waals surface area contributed by atoms with Crippen molar-refractivity contribution in [1.82, 2.24) is 9.88 Å². The molecule has 0 saturated heterocycles. The number of likely N-dealkylation sites (N-methyl/N-ethyl adjacent to an activating group) is 1. The predicted molar refractivity (Wildman–Crippen MR) is 144 cm³/mol. The van der Waals surface area contributed by atoms with Crippen LogP contribution in [0.3, 0.4) is 0 Å². The smallest absolute Gasteiger partial charge is 0.322 e. The maximum absolute atomic E-state index is 11.9. The van der Waals surface area contributed by atoms with Gasteiger partial charge in [0.2, 0.25) is 0 Å². The Bertz CT molecular complexity index is 1060.